The number of halogens is 1. The summed E-state index contributed by atoms with van der Waals surface area (Å²) >= 11 is 0. The van der Waals surface area contributed by atoms with E-state index >= 15 is 0 Å². The van der Waals surface area contributed by atoms with Gasteiger partial charge in [-0.15, -0.1) is 5.10 Å². The van der Waals surface area contributed by atoms with Crippen molar-refractivity contribution in [2.75, 3.05) is 31.1 Å². The van der Waals surface area contributed by atoms with Gasteiger partial charge in [-0.05, 0) is 87.3 Å². The number of pyridine rings is 1. The maximum absolute atomic E-state index is 13.6. The predicted octanol–water partition coefficient (Wildman–Crippen LogP) is 4.66. The number of likely N-dealkylation sites (tertiary alicyclic amines) is 1. The molecular weight excluding hydrogens is 415 g/mol. The summed E-state index contributed by atoms with van der Waals surface area (Å²) in [7, 11) is 0. The van der Waals surface area contributed by atoms with Crippen LogP contribution in [0.1, 0.15) is 25.7 Å². The number of aromatic nitrogens is 4. The third kappa shape index (κ3) is 3.86. The van der Waals surface area contributed by atoms with Gasteiger partial charge in [-0.3, -0.25) is 4.98 Å². The van der Waals surface area contributed by atoms with Crippen molar-refractivity contribution < 1.29 is 4.39 Å². The molecule has 0 amide bonds. The van der Waals surface area contributed by atoms with Crippen molar-refractivity contribution in [3.63, 3.8) is 0 Å². The van der Waals surface area contributed by atoms with Crippen LogP contribution in [0.4, 0.5) is 10.2 Å². The lowest BCUT2D eigenvalue weighted by molar-refractivity contribution is 0.207. The molecule has 0 unspecified atom stereocenters. The standard InChI is InChI=1S/C26H27FN6/c27-21-5-3-19(4-6-21)25-26(20-9-13-28-14-10-20)33-23(29-25)7-8-24(30-33)32-17-11-22(12-18-32)31-15-1-2-16-31/h3-10,13-14,22H,1-2,11-12,15-18H2. The van der Waals surface area contributed by atoms with Crippen LogP contribution in [-0.4, -0.2) is 56.7 Å². The van der Waals surface area contributed by atoms with Gasteiger partial charge in [-0.1, -0.05) is 0 Å². The first kappa shape index (κ1) is 20.3. The lowest BCUT2D eigenvalue weighted by Crippen LogP contribution is -2.44. The summed E-state index contributed by atoms with van der Waals surface area (Å²) in [6, 6.07) is 15.2. The molecule has 6 rings (SSSR count). The normalized spacial score (nSPS) is 17.8. The highest BCUT2D eigenvalue weighted by atomic mass is 19.1. The van der Waals surface area contributed by atoms with E-state index in [4.69, 9.17) is 10.1 Å². The monoisotopic (exact) mass is 442 g/mol. The number of nitrogens with zero attached hydrogens (tertiary/aromatic N) is 6. The number of fused-ring (bicyclic) bond motifs is 1. The fraction of sp³-hybridized carbons (Fsp3) is 0.346. The van der Waals surface area contributed by atoms with E-state index in [0.29, 0.717) is 6.04 Å². The molecule has 1 aromatic carbocycles. The zero-order chi connectivity index (χ0) is 22.2. The van der Waals surface area contributed by atoms with Crippen LogP contribution in [0.25, 0.3) is 28.2 Å². The Morgan fingerprint density at radius 3 is 2.24 bits per heavy atom. The van der Waals surface area contributed by atoms with Crippen LogP contribution < -0.4 is 4.90 Å². The lowest BCUT2D eigenvalue weighted by Gasteiger charge is -2.37. The summed E-state index contributed by atoms with van der Waals surface area (Å²) in [5.74, 6) is 0.714. The smallest absolute Gasteiger partial charge is 0.155 e. The summed E-state index contributed by atoms with van der Waals surface area (Å²) < 4.78 is 15.5. The molecule has 6 nitrogen and oxygen atoms in total. The molecule has 3 aromatic heterocycles. The van der Waals surface area contributed by atoms with Crippen LogP contribution in [0.5, 0.6) is 0 Å². The third-order valence-electron chi connectivity index (χ3n) is 6.98. The predicted molar refractivity (Wildman–Crippen MR) is 128 cm³/mol. The van der Waals surface area contributed by atoms with E-state index < -0.39 is 0 Å². The van der Waals surface area contributed by atoms with Gasteiger partial charge < -0.3 is 9.80 Å². The average molecular weight is 443 g/mol. The number of rotatable bonds is 4. The molecule has 0 spiro atoms. The Kier molecular flexibility index (Phi) is 5.26. The van der Waals surface area contributed by atoms with E-state index in [1.54, 1.807) is 24.5 Å². The topological polar surface area (TPSA) is 49.6 Å². The van der Waals surface area contributed by atoms with Gasteiger partial charge in [0.05, 0.1) is 5.69 Å². The number of hydrogen-bond acceptors (Lipinski definition) is 5. The van der Waals surface area contributed by atoms with E-state index in [1.807, 2.05) is 22.7 Å². The summed E-state index contributed by atoms with van der Waals surface area (Å²) in [6.45, 7) is 4.55. The van der Waals surface area contributed by atoms with Crippen molar-refractivity contribution in [3.05, 3.63) is 66.7 Å². The Morgan fingerprint density at radius 1 is 0.788 bits per heavy atom. The van der Waals surface area contributed by atoms with Gasteiger partial charge >= 0.3 is 0 Å². The number of piperidine rings is 1. The second-order valence-corrected chi connectivity index (χ2v) is 8.97. The highest BCUT2D eigenvalue weighted by Gasteiger charge is 2.27. The first-order chi connectivity index (χ1) is 16.3. The van der Waals surface area contributed by atoms with E-state index in [2.05, 4.69) is 20.9 Å². The third-order valence-corrected chi connectivity index (χ3v) is 6.98. The second kappa shape index (κ2) is 8.56. The maximum Gasteiger partial charge on any atom is 0.155 e. The Labute approximate surface area is 192 Å². The Balaban J connectivity index is 1.37. The van der Waals surface area contributed by atoms with Gasteiger partial charge in [0.1, 0.15) is 17.3 Å². The fourth-order valence-corrected chi connectivity index (χ4v) is 5.24. The first-order valence-electron chi connectivity index (χ1n) is 11.8. The molecule has 2 fully saturated rings. The molecule has 2 aliphatic rings. The molecule has 0 atom stereocenters. The van der Waals surface area contributed by atoms with Crippen molar-refractivity contribution in [3.8, 4) is 22.5 Å². The van der Waals surface area contributed by atoms with Crippen LogP contribution in [0.3, 0.4) is 0 Å². The summed E-state index contributed by atoms with van der Waals surface area (Å²) in [6.07, 6.45) is 8.59. The van der Waals surface area contributed by atoms with E-state index in [0.717, 1.165) is 47.1 Å². The molecule has 0 N–H and O–H groups in total. The minimum absolute atomic E-state index is 0.259. The van der Waals surface area contributed by atoms with E-state index in [1.165, 1.54) is 50.9 Å². The molecule has 2 aliphatic heterocycles. The fourth-order valence-electron chi connectivity index (χ4n) is 5.24. The van der Waals surface area contributed by atoms with Crippen LogP contribution in [0.2, 0.25) is 0 Å². The van der Waals surface area contributed by atoms with Gasteiger partial charge in [-0.2, -0.15) is 0 Å². The van der Waals surface area contributed by atoms with Gasteiger partial charge in [-0.25, -0.2) is 13.9 Å². The molecule has 5 heterocycles. The molecule has 0 saturated carbocycles. The van der Waals surface area contributed by atoms with Crippen molar-refractivity contribution in [2.24, 2.45) is 0 Å². The molecule has 0 aliphatic carbocycles. The number of benzene rings is 1. The van der Waals surface area contributed by atoms with E-state index in [9.17, 15) is 4.39 Å². The molecular formula is C26H27FN6. The molecule has 0 radical (unpaired) electrons. The molecule has 2 saturated heterocycles. The molecule has 4 aromatic rings. The van der Waals surface area contributed by atoms with Crippen LogP contribution in [0.15, 0.2) is 60.9 Å². The highest BCUT2D eigenvalue weighted by Crippen LogP contribution is 2.33. The van der Waals surface area contributed by atoms with Gasteiger partial charge in [0.2, 0.25) is 0 Å². The van der Waals surface area contributed by atoms with E-state index in [-0.39, 0.29) is 5.82 Å². The van der Waals surface area contributed by atoms with Crippen LogP contribution >= 0.6 is 0 Å². The minimum atomic E-state index is -0.259. The quantitative estimate of drug-likeness (QED) is 0.460. The highest BCUT2D eigenvalue weighted by molar-refractivity contribution is 5.81. The minimum Gasteiger partial charge on any atom is -0.355 e. The largest absolute Gasteiger partial charge is 0.355 e. The van der Waals surface area contributed by atoms with Gasteiger partial charge in [0, 0.05) is 42.7 Å². The number of imidazole rings is 1. The summed E-state index contributed by atoms with van der Waals surface area (Å²) in [4.78, 5) is 14.1. The maximum atomic E-state index is 13.6. The second-order valence-electron chi connectivity index (χ2n) is 8.97. The number of anilines is 1. The Morgan fingerprint density at radius 2 is 1.52 bits per heavy atom. The van der Waals surface area contributed by atoms with Crippen molar-refractivity contribution in [2.45, 2.75) is 31.7 Å². The Bertz CT molecular complexity index is 1240. The first-order valence-corrected chi connectivity index (χ1v) is 11.8. The average Bonchev–Trinajstić information content (AvgIpc) is 3.53. The molecule has 7 heteroatoms. The zero-order valence-electron chi connectivity index (χ0n) is 18.6. The van der Waals surface area contributed by atoms with Crippen LogP contribution in [-0.2, 0) is 0 Å². The summed E-state index contributed by atoms with van der Waals surface area (Å²) in [5.41, 5.74) is 4.30. The van der Waals surface area contributed by atoms with Crippen molar-refractivity contribution >= 4 is 11.5 Å². The van der Waals surface area contributed by atoms with Crippen LogP contribution in [0, 0.1) is 5.82 Å². The van der Waals surface area contributed by atoms with Gasteiger partial charge in [0.15, 0.2) is 5.65 Å². The van der Waals surface area contributed by atoms with Crippen molar-refractivity contribution in [1.82, 2.24) is 24.5 Å². The summed E-state index contributed by atoms with van der Waals surface area (Å²) in [5, 5.41) is 5.03. The SMILES string of the molecule is Fc1ccc(-c2nc3ccc(N4CCC(N5CCCC5)CC4)nn3c2-c2ccncc2)cc1. The van der Waals surface area contributed by atoms with Crippen molar-refractivity contribution in [1.29, 1.82) is 0 Å². The molecule has 0 bridgehead atoms. The van der Waals surface area contributed by atoms with Gasteiger partial charge in [0.25, 0.3) is 0 Å². The lowest BCUT2D eigenvalue weighted by atomic mass is 10.0. The number of hydrogen-bond donors (Lipinski definition) is 0. The Hall–Kier alpha value is -3.32. The molecule has 33 heavy (non-hydrogen) atoms. The molecule has 168 valence electrons. The zero-order valence-corrected chi connectivity index (χ0v) is 18.6.